The number of anilines is 1. The Morgan fingerprint density at radius 3 is 2.62 bits per heavy atom. The van der Waals surface area contributed by atoms with Crippen LogP contribution in [0.15, 0.2) is 35.1 Å². The van der Waals surface area contributed by atoms with Crippen LogP contribution in [0.1, 0.15) is 37.7 Å². The predicted octanol–water partition coefficient (Wildman–Crippen LogP) is 2.85. The minimum Gasteiger partial charge on any atom is -0.492 e. The van der Waals surface area contributed by atoms with Crippen LogP contribution in [-0.4, -0.2) is 22.1 Å². The molecule has 6 heteroatoms. The van der Waals surface area contributed by atoms with E-state index < -0.39 is 11.7 Å². The van der Waals surface area contributed by atoms with Gasteiger partial charge in [-0.15, -0.1) is 0 Å². The third-order valence-corrected chi connectivity index (χ3v) is 3.72. The summed E-state index contributed by atoms with van der Waals surface area (Å²) in [6, 6.07) is 8.41. The molecular weight excluding hydrogens is 306 g/mol. The van der Waals surface area contributed by atoms with Crippen LogP contribution in [0.4, 0.5) is 5.69 Å². The molecular formula is C18H23N3O3. The number of amides is 1. The summed E-state index contributed by atoms with van der Waals surface area (Å²) in [5.41, 5.74) is 1.54. The van der Waals surface area contributed by atoms with E-state index in [-0.39, 0.29) is 5.91 Å². The van der Waals surface area contributed by atoms with E-state index in [1.165, 1.54) is 4.57 Å². The molecule has 0 spiro atoms. The summed E-state index contributed by atoms with van der Waals surface area (Å²) in [6.45, 7) is 7.82. The van der Waals surface area contributed by atoms with Gasteiger partial charge in [0.1, 0.15) is 11.8 Å². The van der Waals surface area contributed by atoms with Crippen LogP contribution in [-0.2, 0) is 4.79 Å². The van der Waals surface area contributed by atoms with E-state index in [0.29, 0.717) is 35.9 Å². The van der Waals surface area contributed by atoms with Crippen molar-refractivity contribution >= 4 is 11.6 Å². The van der Waals surface area contributed by atoms with Crippen molar-refractivity contribution in [3.05, 3.63) is 52.2 Å². The summed E-state index contributed by atoms with van der Waals surface area (Å²) in [7, 11) is 0. The average molecular weight is 329 g/mol. The number of aromatic nitrogens is 2. The number of nitrogens with zero attached hydrogens (tertiary/aromatic N) is 2. The molecule has 1 heterocycles. The lowest BCUT2D eigenvalue weighted by molar-refractivity contribution is -0.119. The maximum Gasteiger partial charge on any atom is 0.348 e. The number of carbonyl (C=O) groups excluding carboxylic acids is 1. The topological polar surface area (TPSA) is 73.2 Å². The molecule has 0 saturated heterocycles. The van der Waals surface area contributed by atoms with Crippen LogP contribution in [0.2, 0.25) is 0 Å². The number of nitrogens with one attached hydrogen (secondary N) is 1. The maximum atomic E-state index is 12.7. The largest absolute Gasteiger partial charge is 0.492 e. The standard InChI is InChI=1S/C18H23N3O3/c1-5-15(21-13(4)11-12(3)19-18(21)23)17(22)20-14-9-7-8-10-16(14)24-6-2/h7-11,15H,5-6H2,1-4H3,(H,20,22). The zero-order chi connectivity index (χ0) is 17.7. The average Bonchev–Trinajstić information content (AvgIpc) is 2.52. The molecule has 0 bridgehead atoms. The van der Waals surface area contributed by atoms with Crippen molar-refractivity contribution in [2.45, 2.75) is 40.2 Å². The Labute approximate surface area is 141 Å². The number of rotatable bonds is 6. The number of hydrogen-bond acceptors (Lipinski definition) is 4. The summed E-state index contributed by atoms with van der Waals surface area (Å²) in [5.74, 6) is 0.342. The van der Waals surface area contributed by atoms with Crippen LogP contribution in [0.5, 0.6) is 5.75 Å². The first kappa shape index (κ1) is 17.7. The van der Waals surface area contributed by atoms with Crippen LogP contribution in [0.25, 0.3) is 0 Å². The monoisotopic (exact) mass is 329 g/mol. The highest BCUT2D eigenvalue weighted by Crippen LogP contribution is 2.25. The van der Waals surface area contributed by atoms with E-state index in [1.54, 1.807) is 32.0 Å². The lowest BCUT2D eigenvalue weighted by Crippen LogP contribution is -2.36. The molecule has 1 aromatic heterocycles. The highest BCUT2D eigenvalue weighted by atomic mass is 16.5. The van der Waals surface area contributed by atoms with Gasteiger partial charge >= 0.3 is 5.69 Å². The lowest BCUT2D eigenvalue weighted by Gasteiger charge is -2.20. The molecule has 1 aromatic carbocycles. The zero-order valence-electron chi connectivity index (χ0n) is 14.5. The molecule has 1 atom stereocenters. The number of benzene rings is 1. The maximum absolute atomic E-state index is 12.7. The van der Waals surface area contributed by atoms with E-state index in [2.05, 4.69) is 10.3 Å². The molecule has 2 aromatic rings. The normalized spacial score (nSPS) is 11.8. The van der Waals surface area contributed by atoms with E-state index >= 15 is 0 Å². The quantitative estimate of drug-likeness (QED) is 0.884. The van der Waals surface area contributed by atoms with Gasteiger partial charge in [-0.25, -0.2) is 4.79 Å². The molecule has 1 unspecified atom stereocenters. The van der Waals surface area contributed by atoms with Crippen LogP contribution >= 0.6 is 0 Å². The molecule has 0 aliphatic heterocycles. The van der Waals surface area contributed by atoms with Gasteiger partial charge in [0, 0.05) is 11.4 Å². The Balaban J connectivity index is 2.33. The fraction of sp³-hybridized carbons (Fsp3) is 0.389. The SMILES string of the molecule is CCOc1ccccc1NC(=O)C(CC)n1c(C)cc(C)nc1=O. The Bertz CT molecular complexity index is 783. The van der Waals surface area contributed by atoms with Crippen molar-refractivity contribution in [2.75, 3.05) is 11.9 Å². The van der Waals surface area contributed by atoms with Crippen molar-refractivity contribution in [3.63, 3.8) is 0 Å². The molecule has 24 heavy (non-hydrogen) atoms. The highest BCUT2D eigenvalue weighted by molar-refractivity contribution is 5.95. The van der Waals surface area contributed by atoms with Gasteiger partial charge < -0.3 is 10.1 Å². The van der Waals surface area contributed by atoms with Crippen molar-refractivity contribution in [1.82, 2.24) is 9.55 Å². The summed E-state index contributed by atoms with van der Waals surface area (Å²) >= 11 is 0. The minimum atomic E-state index is -0.625. The number of carbonyl (C=O) groups is 1. The van der Waals surface area contributed by atoms with Gasteiger partial charge in [-0.05, 0) is 45.4 Å². The lowest BCUT2D eigenvalue weighted by atomic mass is 10.1. The first-order chi connectivity index (χ1) is 11.5. The molecule has 2 rings (SSSR count). The molecule has 0 saturated carbocycles. The first-order valence-electron chi connectivity index (χ1n) is 8.07. The molecule has 1 N–H and O–H groups in total. The van der Waals surface area contributed by atoms with Crippen LogP contribution < -0.4 is 15.7 Å². The van der Waals surface area contributed by atoms with E-state index in [4.69, 9.17) is 4.74 Å². The molecule has 0 aliphatic carbocycles. The second kappa shape index (κ2) is 7.77. The number of para-hydroxylation sites is 2. The Hall–Kier alpha value is -2.63. The minimum absolute atomic E-state index is 0.263. The smallest absolute Gasteiger partial charge is 0.348 e. The zero-order valence-corrected chi connectivity index (χ0v) is 14.5. The molecule has 0 radical (unpaired) electrons. The summed E-state index contributed by atoms with van der Waals surface area (Å²) < 4.78 is 6.96. The van der Waals surface area contributed by atoms with E-state index in [1.807, 2.05) is 26.0 Å². The van der Waals surface area contributed by atoms with Gasteiger partial charge in [-0.1, -0.05) is 19.1 Å². The van der Waals surface area contributed by atoms with E-state index in [0.717, 1.165) is 0 Å². The number of aryl methyl sites for hydroxylation is 2. The molecule has 6 nitrogen and oxygen atoms in total. The van der Waals surface area contributed by atoms with Crippen LogP contribution in [0, 0.1) is 13.8 Å². The van der Waals surface area contributed by atoms with Crippen molar-refractivity contribution < 1.29 is 9.53 Å². The van der Waals surface area contributed by atoms with Crippen molar-refractivity contribution in [3.8, 4) is 5.75 Å². The molecule has 0 fully saturated rings. The molecule has 128 valence electrons. The first-order valence-corrected chi connectivity index (χ1v) is 8.07. The fourth-order valence-corrected chi connectivity index (χ4v) is 2.69. The van der Waals surface area contributed by atoms with Crippen LogP contribution in [0.3, 0.4) is 0 Å². The van der Waals surface area contributed by atoms with Gasteiger partial charge in [0.05, 0.1) is 12.3 Å². The highest BCUT2D eigenvalue weighted by Gasteiger charge is 2.22. The van der Waals surface area contributed by atoms with Gasteiger partial charge in [-0.2, -0.15) is 4.98 Å². The fourth-order valence-electron chi connectivity index (χ4n) is 2.69. The summed E-state index contributed by atoms with van der Waals surface area (Å²) in [4.78, 5) is 28.9. The predicted molar refractivity (Wildman–Crippen MR) is 93.5 cm³/mol. The van der Waals surface area contributed by atoms with Gasteiger partial charge in [0.25, 0.3) is 0 Å². The van der Waals surface area contributed by atoms with Gasteiger partial charge in [-0.3, -0.25) is 9.36 Å². The molecule has 0 aliphatic rings. The van der Waals surface area contributed by atoms with Crippen molar-refractivity contribution in [2.24, 2.45) is 0 Å². The third-order valence-electron chi connectivity index (χ3n) is 3.72. The van der Waals surface area contributed by atoms with Crippen molar-refractivity contribution in [1.29, 1.82) is 0 Å². The summed E-state index contributed by atoms with van der Waals surface area (Å²) in [5, 5.41) is 2.86. The number of hydrogen-bond donors (Lipinski definition) is 1. The van der Waals surface area contributed by atoms with Gasteiger partial charge in [0.15, 0.2) is 0 Å². The van der Waals surface area contributed by atoms with Gasteiger partial charge in [0.2, 0.25) is 5.91 Å². The second-order valence-corrected chi connectivity index (χ2v) is 5.53. The summed E-state index contributed by atoms with van der Waals surface area (Å²) in [6.07, 6.45) is 0.480. The third kappa shape index (κ3) is 3.82. The molecule has 1 amide bonds. The Morgan fingerprint density at radius 2 is 2.00 bits per heavy atom. The number of ether oxygens (including phenoxy) is 1. The Morgan fingerprint density at radius 1 is 1.29 bits per heavy atom. The Kier molecular flexibility index (Phi) is 5.73. The van der Waals surface area contributed by atoms with E-state index in [9.17, 15) is 9.59 Å². The second-order valence-electron chi connectivity index (χ2n) is 5.53.